The van der Waals surface area contributed by atoms with Crippen LogP contribution in [0.15, 0.2) is 45.9 Å². The van der Waals surface area contributed by atoms with E-state index in [0.717, 1.165) is 21.7 Å². The Kier molecular flexibility index (Phi) is 6.23. The maximum atomic E-state index is 13.1. The van der Waals surface area contributed by atoms with Crippen molar-refractivity contribution in [1.29, 1.82) is 0 Å². The highest BCUT2D eigenvalue weighted by molar-refractivity contribution is 5.83. The first-order valence-electron chi connectivity index (χ1n) is 12.9. The van der Waals surface area contributed by atoms with Gasteiger partial charge in [-0.1, -0.05) is 0 Å². The van der Waals surface area contributed by atoms with E-state index in [4.69, 9.17) is 4.42 Å². The number of rotatable bonds is 5. The van der Waals surface area contributed by atoms with Crippen molar-refractivity contribution < 1.29 is 22.4 Å². The molecule has 0 spiro atoms. The summed E-state index contributed by atoms with van der Waals surface area (Å²) in [7, 11) is 0. The molecule has 3 aromatic heterocycles. The Morgan fingerprint density at radius 3 is 2.48 bits per heavy atom. The number of aromatic amines is 1. The Balaban J connectivity index is 1.16. The number of aromatic nitrogens is 4. The van der Waals surface area contributed by atoms with Gasteiger partial charge in [-0.2, -0.15) is 18.2 Å². The molecule has 2 aliphatic heterocycles. The van der Waals surface area contributed by atoms with Gasteiger partial charge in [0.25, 0.3) is 0 Å². The Bertz CT molecular complexity index is 1650. The SMILES string of the molecule is Cc1cnc(Nc2cnc(C3CC4CCC(C3)N4C(=O)C(F)(F)F)c(C)c2)nc1Nc1ccc2oc(=O)[nH]c2c1. The molecular formula is C27H26F3N7O3. The Hall–Kier alpha value is -4.42. The summed E-state index contributed by atoms with van der Waals surface area (Å²) in [6.07, 6.45) is 0.581. The minimum atomic E-state index is -4.85. The van der Waals surface area contributed by atoms with Crippen molar-refractivity contribution >= 4 is 40.1 Å². The maximum absolute atomic E-state index is 13.1. The second-order valence-corrected chi connectivity index (χ2v) is 10.4. The third-order valence-corrected chi connectivity index (χ3v) is 7.63. The highest BCUT2D eigenvalue weighted by atomic mass is 19.4. The van der Waals surface area contributed by atoms with E-state index in [1.54, 1.807) is 30.6 Å². The monoisotopic (exact) mass is 553 g/mol. The molecule has 13 heteroatoms. The van der Waals surface area contributed by atoms with Crippen LogP contribution >= 0.6 is 0 Å². The number of amides is 1. The van der Waals surface area contributed by atoms with E-state index in [2.05, 4.69) is 30.6 Å². The molecule has 2 bridgehead atoms. The van der Waals surface area contributed by atoms with Crippen LogP contribution in [0.3, 0.4) is 0 Å². The minimum Gasteiger partial charge on any atom is -0.408 e. The van der Waals surface area contributed by atoms with Gasteiger partial charge in [0.1, 0.15) is 5.82 Å². The van der Waals surface area contributed by atoms with Crippen LogP contribution in [0.4, 0.5) is 36.3 Å². The van der Waals surface area contributed by atoms with Crippen molar-refractivity contribution in [3.05, 3.63) is 64.0 Å². The van der Waals surface area contributed by atoms with E-state index in [1.165, 1.54) is 0 Å². The fraction of sp³-hybridized carbons (Fsp3) is 0.370. The molecule has 5 heterocycles. The van der Waals surface area contributed by atoms with Crippen LogP contribution < -0.4 is 16.4 Å². The van der Waals surface area contributed by atoms with Gasteiger partial charge in [-0.15, -0.1) is 0 Å². The highest BCUT2D eigenvalue weighted by Crippen LogP contribution is 2.45. The number of alkyl halides is 3. The number of halogens is 3. The molecule has 1 aromatic carbocycles. The van der Waals surface area contributed by atoms with E-state index >= 15 is 0 Å². The zero-order chi connectivity index (χ0) is 28.2. The van der Waals surface area contributed by atoms with Gasteiger partial charge in [-0.25, -0.2) is 9.78 Å². The second kappa shape index (κ2) is 9.65. The summed E-state index contributed by atoms with van der Waals surface area (Å²) in [5.41, 5.74) is 4.93. The van der Waals surface area contributed by atoms with Crippen LogP contribution in [0.5, 0.6) is 0 Å². The molecule has 0 aliphatic carbocycles. The van der Waals surface area contributed by atoms with E-state index in [0.29, 0.717) is 59.9 Å². The van der Waals surface area contributed by atoms with Crippen LogP contribution in [-0.2, 0) is 4.79 Å². The van der Waals surface area contributed by atoms with Gasteiger partial charge in [0.2, 0.25) is 5.95 Å². The molecule has 2 fully saturated rings. The van der Waals surface area contributed by atoms with Gasteiger partial charge in [0.15, 0.2) is 5.58 Å². The van der Waals surface area contributed by atoms with Gasteiger partial charge >= 0.3 is 17.8 Å². The predicted octanol–water partition coefficient (Wildman–Crippen LogP) is 5.21. The summed E-state index contributed by atoms with van der Waals surface area (Å²) in [6.45, 7) is 3.79. The van der Waals surface area contributed by atoms with Crippen LogP contribution in [0.25, 0.3) is 11.1 Å². The molecule has 4 aromatic rings. The molecule has 0 saturated carbocycles. The van der Waals surface area contributed by atoms with E-state index < -0.39 is 29.9 Å². The normalized spacial score (nSPS) is 20.6. The number of anilines is 4. The minimum absolute atomic E-state index is 0.0160. The number of nitrogens with one attached hydrogen (secondary N) is 3. The number of piperidine rings is 1. The summed E-state index contributed by atoms with van der Waals surface area (Å²) < 4.78 is 44.3. The van der Waals surface area contributed by atoms with Gasteiger partial charge in [0.05, 0.1) is 17.4 Å². The van der Waals surface area contributed by atoms with Gasteiger partial charge < -0.3 is 20.0 Å². The van der Waals surface area contributed by atoms with E-state index in [9.17, 15) is 22.8 Å². The number of carbonyl (C=O) groups excluding carboxylic acids is 1. The third kappa shape index (κ3) is 4.87. The zero-order valence-electron chi connectivity index (χ0n) is 21.7. The first-order chi connectivity index (χ1) is 19.0. The highest BCUT2D eigenvalue weighted by Gasteiger charge is 2.52. The van der Waals surface area contributed by atoms with Crippen LogP contribution in [0, 0.1) is 13.8 Å². The number of oxazole rings is 1. The van der Waals surface area contributed by atoms with Crippen molar-refractivity contribution in [1.82, 2.24) is 24.8 Å². The lowest BCUT2D eigenvalue weighted by molar-refractivity contribution is -0.190. The predicted molar refractivity (Wildman–Crippen MR) is 141 cm³/mol. The van der Waals surface area contributed by atoms with Crippen molar-refractivity contribution in [3.8, 4) is 0 Å². The van der Waals surface area contributed by atoms with Crippen LogP contribution in [-0.4, -0.2) is 49.0 Å². The van der Waals surface area contributed by atoms with Crippen molar-refractivity contribution in [2.45, 2.75) is 63.7 Å². The number of aryl methyl sites for hydroxylation is 2. The van der Waals surface area contributed by atoms with E-state index in [-0.39, 0.29) is 5.92 Å². The van der Waals surface area contributed by atoms with Gasteiger partial charge in [-0.3, -0.25) is 14.8 Å². The van der Waals surface area contributed by atoms with Crippen LogP contribution in [0.1, 0.15) is 48.4 Å². The average Bonchev–Trinajstić information content (AvgIpc) is 3.39. The number of fused-ring (bicyclic) bond motifs is 3. The number of pyridine rings is 1. The molecular weight excluding hydrogens is 527 g/mol. The second-order valence-electron chi connectivity index (χ2n) is 10.4. The fourth-order valence-electron chi connectivity index (χ4n) is 5.88. The maximum Gasteiger partial charge on any atom is 0.471 e. The lowest BCUT2D eigenvalue weighted by Crippen LogP contribution is -2.51. The molecule has 3 N–H and O–H groups in total. The number of H-pyrrole nitrogens is 1. The molecule has 2 aliphatic rings. The standard InChI is InChI=1S/C27H26F3N7O3/c1-13-7-17(12-31-22(13)15-8-18-4-5-19(9-15)37(18)24(38)27(28,29)30)34-25-32-11-14(2)23(36-25)33-16-3-6-21-20(10-16)35-26(39)40-21/h3,6-7,10-12,15,18-19H,4-5,8-9H2,1-2H3,(H,35,39)(H2,32,33,34,36). The zero-order valence-corrected chi connectivity index (χ0v) is 21.7. The fourth-order valence-corrected chi connectivity index (χ4v) is 5.88. The number of carbonyl (C=O) groups is 1. The van der Waals surface area contributed by atoms with Crippen molar-refractivity contribution in [3.63, 3.8) is 0 Å². The summed E-state index contributed by atoms with van der Waals surface area (Å²) in [5.74, 6) is -1.36. The molecule has 10 nitrogen and oxygen atoms in total. The molecule has 40 heavy (non-hydrogen) atoms. The van der Waals surface area contributed by atoms with Crippen molar-refractivity contribution in [2.24, 2.45) is 0 Å². The molecule has 2 atom stereocenters. The summed E-state index contributed by atoms with van der Waals surface area (Å²) in [5, 5.41) is 6.39. The smallest absolute Gasteiger partial charge is 0.408 e. The summed E-state index contributed by atoms with van der Waals surface area (Å²) in [4.78, 5) is 40.7. The first kappa shape index (κ1) is 25.8. The van der Waals surface area contributed by atoms with Crippen molar-refractivity contribution in [2.75, 3.05) is 10.6 Å². The topological polar surface area (TPSA) is 129 Å². The Morgan fingerprint density at radius 2 is 1.77 bits per heavy atom. The third-order valence-electron chi connectivity index (χ3n) is 7.63. The molecule has 208 valence electrons. The molecule has 2 saturated heterocycles. The molecule has 0 radical (unpaired) electrons. The molecule has 6 rings (SSSR count). The number of hydrogen-bond donors (Lipinski definition) is 3. The molecule has 1 amide bonds. The van der Waals surface area contributed by atoms with Gasteiger partial charge in [-0.05, 0) is 69.4 Å². The molecule has 2 unspecified atom stereocenters. The lowest BCUT2D eigenvalue weighted by Gasteiger charge is -2.39. The number of hydrogen-bond acceptors (Lipinski definition) is 8. The quantitative estimate of drug-likeness (QED) is 0.307. The summed E-state index contributed by atoms with van der Waals surface area (Å²) in [6, 6.07) is 6.28. The number of nitrogens with zero attached hydrogens (tertiary/aromatic N) is 4. The summed E-state index contributed by atoms with van der Waals surface area (Å²) >= 11 is 0. The largest absolute Gasteiger partial charge is 0.471 e. The first-order valence-corrected chi connectivity index (χ1v) is 12.9. The van der Waals surface area contributed by atoms with Crippen LogP contribution in [0.2, 0.25) is 0 Å². The Morgan fingerprint density at radius 1 is 1.02 bits per heavy atom. The number of benzene rings is 1. The lowest BCUT2D eigenvalue weighted by atomic mass is 9.86. The average molecular weight is 554 g/mol. The Labute approximate surface area is 226 Å². The van der Waals surface area contributed by atoms with Gasteiger partial charge in [0, 0.05) is 41.1 Å². The van der Waals surface area contributed by atoms with E-state index in [1.807, 2.05) is 19.9 Å².